The average Bonchev–Trinajstić information content (AvgIpc) is 2.82. The Morgan fingerprint density at radius 2 is 1.90 bits per heavy atom. The van der Waals surface area contributed by atoms with Gasteiger partial charge in [0.1, 0.15) is 24.1 Å². The van der Waals surface area contributed by atoms with Crippen molar-refractivity contribution in [2.24, 2.45) is 0 Å². The van der Waals surface area contributed by atoms with Crippen molar-refractivity contribution in [1.82, 2.24) is 9.97 Å². The van der Waals surface area contributed by atoms with Crippen LogP contribution in [0.2, 0.25) is 0 Å². The highest BCUT2D eigenvalue weighted by Crippen LogP contribution is 2.29. The van der Waals surface area contributed by atoms with E-state index in [-0.39, 0.29) is 6.10 Å². The van der Waals surface area contributed by atoms with Crippen LogP contribution in [0.1, 0.15) is 26.2 Å². The normalized spacial score (nSPS) is 26.1. The second-order valence-corrected chi connectivity index (χ2v) is 5.63. The molecule has 0 bridgehead atoms. The number of ether oxygens (including phenoxy) is 1. The Labute approximate surface area is 125 Å². The van der Waals surface area contributed by atoms with Gasteiger partial charge in [0.15, 0.2) is 6.23 Å². The molecule has 114 valence electrons. The lowest BCUT2D eigenvalue weighted by molar-refractivity contribution is 0.0231. The molecule has 0 amide bonds. The SMILES string of the molecule is COC1C(C)=CN(c2cc(N3CCCCC3)ncn2)C1O. The van der Waals surface area contributed by atoms with Gasteiger partial charge in [-0.3, -0.25) is 0 Å². The van der Waals surface area contributed by atoms with Crippen molar-refractivity contribution < 1.29 is 9.84 Å². The van der Waals surface area contributed by atoms with Gasteiger partial charge >= 0.3 is 0 Å². The number of aliphatic hydroxyl groups is 1. The Bertz CT molecular complexity index is 528. The molecule has 0 radical (unpaired) electrons. The molecule has 0 aliphatic carbocycles. The van der Waals surface area contributed by atoms with E-state index in [1.165, 1.54) is 19.3 Å². The summed E-state index contributed by atoms with van der Waals surface area (Å²) in [6.07, 6.45) is 6.11. The Morgan fingerprint density at radius 3 is 2.57 bits per heavy atom. The fraction of sp³-hybridized carbons (Fsp3) is 0.600. The third-order valence-electron chi connectivity index (χ3n) is 4.18. The first-order valence-corrected chi connectivity index (χ1v) is 7.45. The van der Waals surface area contributed by atoms with Crippen molar-refractivity contribution >= 4 is 11.6 Å². The summed E-state index contributed by atoms with van der Waals surface area (Å²) in [5.41, 5.74) is 0.989. The standard InChI is InChI=1S/C15H22N4O2/c1-11-9-19(15(20)14(11)21-2)13-8-12(16-10-17-13)18-6-4-3-5-7-18/h8-10,14-15,20H,3-7H2,1-2H3. The van der Waals surface area contributed by atoms with Crippen LogP contribution in [-0.2, 0) is 4.74 Å². The maximum absolute atomic E-state index is 10.3. The van der Waals surface area contributed by atoms with Gasteiger partial charge in [-0.25, -0.2) is 9.97 Å². The van der Waals surface area contributed by atoms with Gasteiger partial charge in [-0.2, -0.15) is 0 Å². The molecule has 0 aromatic carbocycles. The molecule has 3 heterocycles. The molecule has 1 N–H and O–H groups in total. The molecule has 2 unspecified atom stereocenters. The zero-order valence-electron chi connectivity index (χ0n) is 12.6. The van der Waals surface area contributed by atoms with E-state index in [0.717, 1.165) is 24.5 Å². The highest BCUT2D eigenvalue weighted by molar-refractivity contribution is 5.54. The number of piperidine rings is 1. The summed E-state index contributed by atoms with van der Waals surface area (Å²) in [6.45, 7) is 4.02. The molecule has 6 nitrogen and oxygen atoms in total. The van der Waals surface area contributed by atoms with Gasteiger partial charge < -0.3 is 19.6 Å². The first kappa shape index (κ1) is 14.3. The van der Waals surface area contributed by atoms with Crippen LogP contribution in [0.3, 0.4) is 0 Å². The molecule has 3 rings (SSSR count). The predicted octanol–water partition coefficient (Wildman–Crippen LogP) is 1.52. The van der Waals surface area contributed by atoms with Gasteiger partial charge in [-0.05, 0) is 31.8 Å². The van der Waals surface area contributed by atoms with Crippen molar-refractivity contribution in [2.45, 2.75) is 38.5 Å². The molecule has 1 aromatic heterocycles. The van der Waals surface area contributed by atoms with Crippen LogP contribution in [0.4, 0.5) is 11.6 Å². The molecule has 1 aromatic rings. The zero-order chi connectivity index (χ0) is 14.8. The minimum atomic E-state index is -0.737. The van der Waals surface area contributed by atoms with E-state index in [0.29, 0.717) is 5.82 Å². The molecule has 0 saturated carbocycles. The largest absolute Gasteiger partial charge is 0.372 e. The third kappa shape index (κ3) is 2.73. The van der Waals surface area contributed by atoms with Gasteiger partial charge in [0.05, 0.1) is 0 Å². The maximum atomic E-state index is 10.3. The molecule has 1 fully saturated rings. The van der Waals surface area contributed by atoms with Gasteiger partial charge in [0.2, 0.25) is 0 Å². The second-order valence-electron chi connectivity index (χ2n) is 5.63. The van der Waals surface area contributed by atoms with Crippen molar-refractivity contribution in [3.63, 3.8) is 0 Å². The van der Waals surface area contributed by atoms with Crippen LogP contribution < -0.4 is 9.80 Å². The molecular formula is C15H22N4O2. The quantitative estimate of drug-likeness (QED) is 0.911. The summed E-state index contributed by atoms with van der Waals surface area (Å²) in [5, 5.41) is 10.3. The van der Waals surface area contributed by atoms with Gasteiger partial charge in [-0.1, -0.05) is 0 Å². The van der Waals surface area contributed by atoms with Gasteiger partial charge in [-0.15, -0.1) is 0 Å². The van der Waals surface area contributed by atoms with E-state index in [4.69, 9.17) is 4.74 Å². The number of rotatable bonds is 3. The highest BCUT2D eigenvalue weighted by Gasteiger charge is 2.33. The summed E-state index contributed by atoms with van der Waals surface area (Å²) < 4.78 is 5.32. The molecule has 21 heavy (non-hydrogen) atoms. The minimum absolute atomic E-state index is 0.307. The van der Waals surface area contributed by atoms with Crippen LogP contribution >= 0.6 is 0 Å². The number of methoxy groups -OCH3 is 1. The summed E-state index contributed by atoms with van der Waals surface area (Å²) in [4.78, 5) is 12.7. The topological polar surface area (TPSA) is 61.7 Å². The first-order chi connectivity index (χ1) is 10.2. The van der Waals surface area contributed by atoms with Crippen molar-refractivity contribution in [1.29, 1.82) is 0 Å². The lowest BCUT2D eigenvalue weighted by Crippen LogP contribution is -2.37. The Morgan fingerprint density at radius 1 is 1.19 bits per heavy atom. The zero-order valence-corrected chi connectivity index (χ0v) is 12.6. The molecule has 0 spiro atoms. The van der Waals surface area contributed by atoms with Crippen LogP contribution in [0.15, 0.2) is 24.2 Å². The van der Waals surface area contributed by atoms with E-state index < -0.39 is 6.23 Å². The van der Waals surface area contributed by atoms with Crippen LogP contribution in [0, 0.1) is 0 Å². The molecule has 1 saturated heterocycles. The monoisotopic (exact) mass is 290 g/mol. The summed E-state index contributed by atoms with van der Waals surface area (Å²) in [6, 6.07) is 1.94. The van der Waals surface area contributed by atoms with E-state index in [2.05, 4.69) is 14.9 Å². The van der Waals surface area contributed by atoms with Crippen LogP contribution in [0.25, 0.3) is 0 Å². The Hall–Kier alpha value is -1.66. The summed E-state index contributed by atoms with van der Waals surface area (Å²) in [5.74, 6) is 1.63. The van der Waals surface area contributed by atoms with Gasteiger partial charge in [0.25, 0.3) is 0 Å². The van der Waals surface area contributed by atoms with Crippen molar-refractivity contribution in [3.8, 4) is 0 Å². The van der Waals surface area contributed by atoms with Crippen molar-refractivity contribution in [2.75, 3.05) is 30.0 Å². The van der Waals surface area contributed by atoms with E-state index in [9.17, 15) is 5.11 Å². The highest BCUT2D eigenvalue weighted by atomic mass is 16.5. The number of hydrogen-bond donors (Lipinski definition) is 1. The molecule has 2 aliphatic heterocycles. The predicted molar refractivity (Wildman–Crippen MR) is 81.1 cm³/mol. The van der Waals surface area contributed by atoms with E-state index in [1.807, 2.05) is 19.2 Å². The Balaban J connectivity index is 1.83. The third-order valence-corrected chi connectivity index (χ3v) is 4.18. The number of aliphatic hydroxyl groups excluding tert-OH is 1. The average molecular weight is 290 g/mol. The summed E-state index contributed by atoms with van der Waals surface area (Å²) >= 11 is 0. The van der Waals surface area contributed by atoms with E-state index >= 15 is 0 Å². The number of hydrogen-bond acceptors (Lipinski definition) is 6. The molecule has 6 heteroatoms. The van der Waals surface area contributed by atoms with Gasteiger partial charge in [0, 0.05) is 32.5 Å². The minimum Gasteiger partial charge on any atom is -0.372 e. The number of nitrogens with zero attached hydrogens (tertiary/aromatic N) is 4. The Kier molecular flexibility index (Phi) is 4.07. The summed E-state index contributed by atoms with van der Waals surface area (Å²) in [7, 11) is 1.61. The number of anilines is 2. The van der Waals surface area contributed by atoms with Crippen molar-refractivity contribution in [3.05, 3.63) is 24.2 Å². The fourth-order valence-corrected chi connectivity index (χ4v) is 3.03. The maximum Gasteiger partial charge on any atom is 0.162 e. The van der Waals surface area contributed by atoms with Crippen LogP contribution in [0.5, 0.6) is 0 Å². The smallest absolute Gasteiger partial charge is 0.162 e. The molecule has 2 atom stereocenters. The second kappa shape index (κ2) is 5.99. The first-order valence-electron chi connectivity index (χ1n) is 7.45. The van der Waals surface area contributed by atoms with Crippen LogP contribution in [-0.4, -0.2) is 47.6 Å². The van der Waals surface area contributed by atoms with E-state index in [1.54, 1.807) is 18.3 Å². The lowest BCUT2D eigenvalue weighted by atomic mass is 10.1. The molecule has 2 aliphatic rings. The number of aromatic nitrogens is 2. The fourth-order valence-electron chi connectivity index (χ4n) is 3.03. The molecular weight excluding hydrogens is 268 g/mol. The lowest BCUT2D eigenvalue weighted by Gasteiger charge is -2.29.